The molecule has 3 heteroatoms. The molecule has 1 saturated heterocycles. The smallest absolute Gasteiger partial charge is 0.252 e. The molecule has 16 heavy (non-hydrogen) atoms. The molecule has 0 aromatic carbocycles. The second-order valence-corrected chi connectivity index (χ2v) is 5.00. The van der Waals surface area contributed by atoms with Gasteiger partial charge in [0, 0.05) is 24.3 Å². The molecule has 1 aromatic heterocycles. The molecule has 2 rings (SSSR count). The van der Waals surface area contributed by atoms with Crippen molar-refractivity contribution in [1.29, 1.82) is 0 Å². The van der Waals surface area contributed by atoms with Gasteiger partial charge in [-0.1, -0.05) is 19.9 Å². The Morgan fingerprint density at radius 3 is 3.06 bits per heavy atom. The predicted molar refractivity (Wildman–Crippen MR) is 65.4 cm³/mol. The Morgan fingerprint density at radius 1 is 1.56 bits per heavy atom. The van der Waals surface area contributed by atoms with E-state index in [2.05, 4.69) is 23.7 Å². The van der Waals surface area contributed by atoms with Crippen molar-refractivity contribution in [2.75, 3.05) is 13.1 Å². The largest absolute Gasteiger partial charge is 0.329 e. The third-order valence-electron chi connectivity index (χ3n) is 3.17. The third kappa shape index (κ3) is 2.35. The van der Waals surface area contributed by atoms with Crippen LogP contribution in [-0.2, 0) is 0 Å². The fourth-order valence-corrected chi connectivity index (χ4v) is 2.56. The molecule has 0 radical (unpaired) electrons. The number of H-pyrrole nitrogens is 1. The minimum atomic E-state index is 0.0724. The highest BCUT2D eigenvalue weighted by Gasteiger charge is 2.27. The molecule has 88 valence electrons. The molecular weight excluding hydrogens is 200 g/mol. The maximum Gasteiger partial charge on any atom is 0.252 e. The van der Waals surface area contributed by atoms with E-state index in [1.165, 1.54) is 6.42 Å². The summed E-state index contributed by atoms with van der Waals surface area (Å²) in [7, 11) is 0. The van der Waals surface area contributed by atoms with E-state index in [9.17, 15) is 4.79 Å². The summed E-state index contributed by atoms with van der Waals surface area (Å²) in [5.74, 6) is 0.656. The monoisotopic (exact) mass is 220 g/mol. The van der Waals surface area contributed by atoms with E-state index in [1.807, 2.05) is 12.1 Å². The van der Waals surface area contributed by atoms with Crippen molar-refractivity contribution < 1.29 is 0 Å². The molecule has 0 unspecified atom stereocenters. The van der Waals surface area contributed by atoms with Crippen LogP contribution >= 0.6 is 0 Å². The summed E-state index contributed by atoms with van der Waals surface area (Å²) in [4.78, 5) is 17.0. The van der Waals surface area contributed by atoms with Gasteiger partial charge in [0.2, 0.25) is 0 Å². The summed E-state index contributed by atoms with van der Waals surface area (Å²) >= 11 is 0. The summed E-state index contributed by atoms with van der Waals surface area (Å²) in [6, 6.07) is 4.21. The number of aromatic amines is 1. The van der Waals surface area contributed by atoms with E-state index in [-0.39, 0.29) is 5.56 Å². The number of nitrogens with one attached hydrogen (secondary N) is 1. The first kappa shape index (κ1) is 11.4. The number of likely N-dealkylation sites (tertiary alicyclic amines) is 1. The van der Waals surface area contributed by atoms with Gasteiger partial charge < -0.3 is 4.98 Å². The maximum atomic E-state index is 11.8. The highest BCUT2D eigenvalue weighted by Crippen LogP contribution is 2.30. The fourth-order valence-electron chi connectivity index (χ4n) is 2.56. The lowest BCUT2D eigenvalue weighted by Gasteiger charge is -2.25. The quantitative estimate of drug-likeness (QED) is 0.847. The molecule has 0 bridgehead atoms. The number of aromatic nitrogens is 1. The van der Waals surface area contributed by atoms with E-state index in [1.54, 1.807) is 6.20 Å². The average Bonchev–Trinajstić information content (AvgIpc) is 2.66. The van der Waals surface area contributed by atoms with Crippen molar-refractivity contribution in [3.05, 3.63) is 34.2 Å². The van der Waals surface area contributed by atoms with E-state index in [0.29, 0.717) is 12.0 Å². The Hall–Kier alpha value is -1.09. The summed E-state index contributed by atoms with van der Waals surface area (Å²) in [5.41, 5.74) is 1.00. The van der Waals surface area contributed by atoms with Crippen LogP contribution in [0.2, 0.25) is 0 Å². The highest BCUT2D eigenvalue weighted by molar-refractivity contribution is 5.15. The Balaban J connectivity index is 2.20. The first-order valence-electron chi connectivity index (χ1n) is 6.10. The van der Waals surface area contributed by atoms with Crippen LogP contribution < -0.4 is 5.56 Å². The predicted octanol–water partition coefficient (Wildman–Crippen LogP) is 2.17. The van der Waals surface area contributed by atoms with E-state index >= 15 is 0 Å². The van der Waals surface area contributed by atoms with Crippen molar-refractivity contribution in [3.63, 3.8) is 0 Å². The molecule has 1 aromatic rings. The zero-order chi connectivity index (χ0) is 11.5. The van der Waals surface area contributed by atoms with Crippen LogP contribution in [0.5, 0.6) is 0 Å². The van der Waals surface area contributed by atoms with Gasteiger partial charge in [-0.15, -0.1) is 0 Å². The summed E-state index contributed by atoms with van der Waals surface area (Å²) in [5, 5.41) is 0. The zero-order valence-electron chi connectivity index (χ0n) is 10.1. The lowest BCUT2D eigenvalue weighted by Crippen LogP contribution is -2.30. The maximum absolute atomic E-state index is 11.8. The van der Waals surface area contributed by atoms with E-state index in [0.717, 1.165) is 25.1 Å². The molecule has 0 aliphatic carbocycles. The number of pyridine rings is 1. The van der Waals surface area contributed by atoms with Gasteiger partial charge in [-0.05, 0) is 31.4 Å². The second-order valence-electron chi connectivity index (χ2n) is 5.00. The zero-order valence-corrected chi connectivity index (χ0v) is 10.1. The normalized spacial score (nSPS) is 21.8. The van der Waals surface area contributed by atoms with Crippen LogP contribution in [0.3, 0.4) is 0 Å². The third-order valence-corrected chi connectivity index (χ3v) is 3.17. The molecule has 1 N–H and O–H groups in total. The first-order valence-corrected chi connectivity index (χ1v) is 6.10. The van der Waals surface area contributed by atoms with Crippen LogP contribution in [0.25, 0.3) is 0 Å². The van der Waals surface area contributed by atoms with Crippen LogP contribution in [0.4, 0.5) is 0 Å². The van der Waals surface area contributed by atoms with Crippen molar-refractivity contribution in [2.24, 2.45) is 5.92 Å². The molecular formula is C13H20N2O. The van der Waals surface area contributed by atoms with Crippen LogP contribution in [-0.4, -0.2) is 23.0 Å². The standard InChI is InChI=1S/C13H20N2O/c1-10(2)9-15-8-4-6-12(15)11-5-3-7-14-13(11)16/h3,5,7,10,12H,4,6,8-9H2,1-2H3,(H,14,16)/t12-/m1/s1. The van der Waals surface area contributed by atoms with Gasteiger partial charge in [-0.3, -0.25) is 9.69 Å². The molecule has 1 aliphatic heterocycles. The van der Waals surface area contributed by atoms with Crippen LogP contribution in [0.15, 0.2) is 23.1 Å². The van der Waals surface area contributed by atoms with Gasteiger partial charge in [0.05, 0.1) is 0 Å². The topological polar surface area (TPSA) is 36.1 Å². The Kier molecular flexibility index (Phi) is 3.44. The SMILES string of the molecule is CC(C)CN1CCC[C@@H]1c1ccc[nH]c1=O. The van der Waals surface area contributed by atoms with E-state index < -0.39 is 0 Å². The van der Waals surface area contributed by atoms with Gasteiger partial charge in [-0.2, -0.15) is 0 Å². The Morgan fingerprint density at radius 2 is 2.38 bits per heavy atom. The molecule has 2 heterocycles. The molecule has 0 spiro atoms. The van der Waals surface area contributed by atoms with Crippen molar-refractivity contribution in [2.45, 2.75) is 32.7 Å². The molecule has 3 nitrogen and oxygen atoms in total. The lowest BCUT2D eigenvalue weighted by atomic mass is 10.1. The summed E-state index contributed by atoms with van der Waals surface area (Å²) in [6.07, 6.45) is 4.01. The summed E-state index contributed by atoms with van der Waals surface area (Å²) < 4.78 is 0. The Labute approximate surface area is 96.5 Å². The lowest BCUT2D eigenvalue weighted by molar-refractivity contribution is 0.227. The number of hydrogen-bond acceptors (Lipinski definition) is 2. The van der Waals surface area contributed by atoms with Crippen molar-refractivity contribution in [1.82, 2.24) is 9.88 Å². The van der Waals surface area contributed by atoms with Gasteiger partial charge >= 0.3 is 0 Å². The van der Waals surface area contributed by atoms with Gasteiger partial charge in [-0.25, -0.2) is 0 Å². The second kappa shape index (κ2) is 4.83. The minimum Gasteiger partial charge on any atom is -0.329 e. The number of hydrogen-bond donors (Lipinski definition) is 1. The summed E-state index contributed by atoms with van der Waals surface area (Å²) in [6.45, 7) is 6.66. The fraction of sp³-hybridized carbons (Fsp3) is 0.615. The molecule has 1 atom stereocenters. The molecule has 1 fully saturated rings. The Bertz CT molecular complexity index is 397. The van der Waals surface area contributed by atoms with Gasteiger partial charge in [0.15, 0.2) is 0 Å². The average molecular weight is 220 g/mol. The number of nitrogens with zero attached hydrogens (tertiary/aromatic N) is 1. The van der Waals surface area contributed by atoms with Crippen molar-refractivity contribution in [3.8, 4) is 0 Å². The molecule has 0 amide bonds. The molecule has 0 saturated carbocycles. The van der Waals surface area contributed by atoms with Gasteiger partial charge in [0.1, 0.15) is 0 Å². The van der Waals surface area contributed by atoms with E-state index in [4.69, 9.17) is 0 Å². The van der Waals surface area contributed by atoms with Crippen LogP contribution in [0.1, 0.15) is 38.3 Å². The van der Waals surface area contributed by atoms with Crippen molar-refractivity contribution >= 4 is 0 Å². The minimum absolute atomic E-state index is 0.0724. The first-order chi connectivity index (χ1) is 7.68. The highest BCUT2D eigenvalue weighted by atomic mass is 16.1. The van der Waals surface area contributed by atoms with Crippen LogP contribution in [0, 0.1) is 5.92 Å². The van der Waals surface area contributed by atoms with Gasteiger partial charge in [0.25, 0.3) is 5.56 Å². The molecule has 1 aliphatic rings. The number of rotatable bonds is 3.